The van der Waals surface area contributed by atoms with E-state index in [1.165, 1.54) is 17.7 Å². The fourth-order valence-corrected chi connectivity index (χ4v) is 4.06. The molecule has 0 unspecified atom stereocenters. The summed E-state index contributed by atoms with van der Waals surface area (Å²) in [6, 6.07) is 14.2. The molecule has 4 rings (SSSR count). The van der Waals surface area contributed by atoms with Gasteiger partial charge in [-0.3, -0.25) is 5.10 Å². The van der Waals surface area contributed by atoms with Crippen LogP contribution in [-0.4, -0.2) is 39.0 Å². The van der Waals surface area contributed by atoms with E-state index in [0.717, 1.165) is 19.0 Å². The monoisotopic (exact) mass is 396 g/mol. The zero-order valence-corrected chi connectivity index (χ0v) is 16.6. The van der Waals surface area contributed by atoms with Crippen molar-refractivity contribution in [3.63, 3.8) is 0 Å². The summed E-state index contributed by atoms with van der Waals surface area (Å²) in [4.78, 5) is 10.4. The molecule has 0 amide bonds. The van der Waals surface area contributed by atoms with E-state index in [1.54, 1.807) is 6.26 Å². The quantitative estimate of drug-likeness (QED) is 0.399. The van der Waals surface area contributed by atoms with Gasteiger partial charge in [0.2, 0.25) is 5.82 Å². The molecule has 1 aromatic carbocycles. The molecule has 1 saturated carbocycles. The second-order valence-electron chi connectivity index (χ2n) is 6.73. The van der Waals surface area contributed by atoms with E-state index in [9.17, 15) is 0 Å². The van der Waals surface area contributed by atoms with E-state index < -0.39 is 0 Å². The highest BCUT2D eigenvalue weighted by molar-refractivity contribution is 8.01. The second kappa shape index (κ2) is 8.52. The molecule has 1 aliphatic carbocycles. The SMILES string of the molecule is CCNC(=NCc1nc(-c2ccco2)n[nH]1)NCC1(Sc2ccccc2)CC1. The highest BCUT2D eigenvalue weighted by Gasteiger charge is 2.43. The van der Waals surface area contributed by atoms with Gasteiger partial charge in [-0.2, -0.15) is 0 Å². The van der Waals surface area contributed by atoms with Gasteiger partial charge in [0.1, 0.15) is 12.4 Å². The largest absolute Gasteiger partial charge is 0.461 e. The minimum Gasteiger partial charge on any atom is -0.461 e. The number of benzene rings is 1. The van der Waals surface area contributed by atoms with Crippen LogP contribution in [-0.2, 0) is 6.54 Å². The first-order valence-corrected chi connectivity index (χ1v) is 10.3. The molecule has 0 saturated heterocycles. The zero-order chi connectivity index (χ0) is 19.2. The second-order valence-corrected chi connectivity index (χ2v) is 8.27. The van der Waals surface area contributed by atoms with E-state index in [2.05, 4.69) is 68.1 Å². The van der Waals surface area contributed by atoms with Crippen molar-refractivity contribution in [2.75, 3.05) is 13.1 Å². The average Bonchev–Trinajstić information content (AvgIpc) is 3.12. The lowest BCUT2D eigenvalue weighted by Crippen LogP contribution is -2.41. The van der Waals surface area contributed by atoms with Gasteiger partial charge in [-0.25, -0.2) is 9.98 Å². The predicted molar refractivity (Wildman–Crippen MR) is 111 cm³/mol. The topological polar surface area (TPSA) is 91.1 Å². The van der Waals surface area contributed by atoms with Gasteiger partial charge in [0.15, 0.2) is 11.7 Å². The third-order valence-corrected chi connectivity index (χ3v) is 5.96. The van der Waals surface area contributed by atoms with E-state index in [0.29, 0.717) is 24.0 Å². The summed E-state index contributed by atoms with van der Waals surface area (Å²) in [5.41, 5.74) is 0. The van der Waals surface area contributed by atoms with Gasteiger partial charge in [0.05, 0.1) is 6.26 Å². The Morgan fingerprint density at radius 1 is 1.21 bits per heavy atom. The van der Waals surface area contributed by atoms with Gasteiger partial charge in [-0.15, -0.1) is 16.9 Å². The molecule has 0 radical (unpaired) electrons. The van der Waals surface area contributed by atoms with Crippen molar-refractivity contribution in [2.24, 2.45) is 4.99 Å². The third kappa shape index (κ3) is 4.75. The zero-order valence-electron chi connectivity index (χ0n) is 15.8. The van der Waals surface area contributed by atoms with Crippen molar-refractivity contribution in [3.05, 3.63) is 54.6 Å². The summed E-state index contributed by atoms with van der Waals surface area (Å²) in [5.74, 6) is 2.68. The minimum absolute atomic E-state index is 0.260. The van der Waals surface area contributed by atoms with Crippen molar-refractivity contribution >= 4 is 17.7 Å². The Bertz CT molecular complexity index is 902. The van der Waals surface area contributed by atoms with Gasteiger partial charge >= 0.3 is 0 Å². The van der Waals surface area contributed by atoms with E-state index in [1.807, 2.05) is 23.9 Å². The number of thioether (sulfide) groups is 1. The number of rotatable bonds is 8. The maximum Gasteiger partial charge on any atom is 0.216 e. The number of nitrogens with zero attached hydrogens (tertiary/aromatic N) is 3. The molecule has 3 aromatic rings. The molecule has 8 heteroatoms. The number of hydrogen-bond acceptors (Lipinski definition) is 5. The normalized spacial score (nSPS) is 15.4. The number of aromatic amines is 1. The number of hydrogen-bond donors (Lipinski definition) is 3. The summed E-state index contributed by atoms with van der Waals surface area (Å²) >= 11 is 1.95. The number of H-pyrrole nitrogens is 1. The number of guanidine groups is 1. The molecule has 0 bridgehead atoms. The van der Waals surface area contributed by atoms with Crippen molar-refractivity contribution in [1.29, 1.82) is 0 Å². The summed E-state index contributed by atoms with van der Waals surface area (Å²) in [6.07, 6.45) is 4.04. The van der Waals surface area contributed by atoms with Crippen LogP contribution in [0, 0.1) is 0 Å². The standard InChI is InChI=1S/C20H24N6OS/c1-2-21-19(22-13-17-24-18(26-25-17)16-9-6-12-27-16)23-14-20(10-11-20)28-15-7-4-3-5-8-15/h3-9,12H,2,10-11,13-14H2,1H3,(H2,21,22,23)(H,24,25,26). The number of furan rings is 1. The molecule has 2 aromatic heterocycles. The fraction of sp³-hybridized carbons (Fsp3) is 0.350. The van der Waals surface area contributed by atoms with E-state index >= 15 is 0 Å². The van der Waals surface area contributed by atoms with E-state index in [4.69, 9.17) is 4.42 Å². The van der Waals surface area contributed by atoms with Crippen LogP contribution in [0.3, 0.4) is 0 Å². The molecule has 2 heterocycles. The summed E-state index contributed by atoms with van der Waals surface area (Å²) < 4.78 is 5.58. The predicted octanol–water partition coefficient (Wildman–Crippen LogP) is 3.44. The Kier molecular flexibility index (Phi) is 5.66. The minimum atomic E-state index is 0.260. The molecule has 0 atom stereocenters. The molecule has 28 heavy (non-hydrogen) atoms. The van der Waals surface area contributed by atoms with Crippen molar-refractivity contribution in [3.8, 4) is 11.6 Å². The molecular weight excluding hydrogens is 372 g/mol. The highest BCUT2D eigenvalue weighted by atomic mass is 32.2. The van der Waals surface area contributed by atoms with Gasteiger partial charge in [0.25, 0.3) is 0 Å². The number of aliphatic imine (C=N–C) groups is 1. The lowest BCUT2D eigenvalue weighted by Gasteiger charge is -2.18. The van der Waals surface area contributed by atoms with Gasteiger partial charge < -0.3 is 15.1 Å². The molecule has 1 aliphatic rings. The molecule has 146 valence electrons. The summed E-state index contributed by atoms with van der Waals surface area (Å²) in [5, 5.41) is 13.9. The first-order chi connectivity index (χ1) is 13.8. The molecular formula is C20H24N6OS. The van der Waals surface area contributed by atoms with Crippen molar-refractivity contribution in [2.45, 2.75) is 36.0 Å². The summed E-state index contributed by atoms with van der Waals surface area (Å²) in [6.45, 7) is 4.17. The van der Waals surface area contributed by atoms with Gasteiger partial charge in [-0.1, -0.05) is 18.2 Å². The number of nitrogens with one attached hydrogen (secondary N) is 3. The molecule has 0 spiro atoms. The Hall–Kier alpha value is -2.74. The Labute approximate surface area is 168 Å². The van der Waals surface area contributed by atoms with Crippen molar-refractivity contribution < 1.29 is 4.42 Å². The van der Waals surface area contributed by atoms with Crippen molar-refractivity contribution in [1.82, 2.24) is 25.8 Å². The fourth-order valence-electron chi connectivity index (χ4n) is 2.82. The lowest BCUT2D eigenvalue weighted by molar-refractivity contribution is 0.577. The lowest BCUT2D eigenvalue weighted by atomic mass is 10.4. The van der Waals surface area contributed by atoms with Crippen LogP contribution in [0.5, 0.6) is 0 Å². The smallest absolute Gasteiger partial charge is 0.216 e. The summed E-state index contributed by atoms with van der Waals surface area (Å²) in [7, 11) is 0. The molecule has 7 nitrogen and oxygen atoms in total. The van der Waals surface area contributed by atoms with Gasteiger partial charge in [-0.05, 0) is 44.0 Å². The average molecular weight is 397 g/mol. The van der Waals surface area contributed by atoms with E-state index in [-0.39, 0.29) is 4.75 Å². The Morgan fingerprint density at radius 3 is 2.79 bits per heavy atom. The highest BCUT2D eigenvalue weighted by Crippen LogP contribution is 2.51. The molecule has 1 fully saturated rings. The van der Waals surface area contributed by atoms with Crippen LogP contribution in [0.4, 0.5) is 0 Å². The van der Waals surface area contributed by atoms with Crippen LogP contribution < -0.4 is 10.6 Å². The van der Waals surface area contributed by atoms with Gasteiger partial charge in [0, 0.05) is 22.7 Å². The number of aromatic nitrogens is 3. The van der Waals surface area contributed by atoms with Crippen LogP contribution in [0.2, 0.25) is 0 Å². The Morgan fingerprint density at radius 2 is 2.07 bits per heavy atom. The maximum absolute atomic E-state index is 5.32. The van der Waals surface area contributed by atoms with Crippen LogP contribution in [0.15, 0.2) is 63.0 Å². The van der Waals surface area contributed by atoms with Crippen LogP contribution >= 0.6 is 11.8 Å². The first-order valence-electron chi connectivity index (χ1n) is 9.48. The van der Waals surface area contributed by atoms with Crippen LogP contribution in [0.1, 0.15) is 25.6 Å². The molecule has 3 N–H and O–H groups in total. The third-order valence-electron chi connectivity index (χ3n) is 4.47. The molecule has 0 aliphatic heterocycles. The van der Waals surface area contributed by atoms with Crippen LogP contribution in [0.25, 0.3) is 11.6 Å². The Balaban J connectivity index is 1.35. The maximum atomic E-state index is 5.32. The first kappa shape index (κ1) is 18.6.